The monoisotopic (exact) mass is 290 g/mol. The number of carboxylic acids is 1. The van der Waals surface area contributed by atoms with Crippen molar-refractivity contribution in [3.63, 3.8) is 0 Å². The number of aryl methyl sites for hydroxylation is 1. The van der Waals surface area contributed by atoms with Gasteiger partial charge in [-0.2, -0.15) is 0 Å². The number of nitrogens with zero attached hydrogens (tertiary/aromatic N) is 3. The van der Waals surface area contributed by atoms with Gasteiger partial charge in [0.25, 0.3) is 0 Å². The number of fused-ring (bicyclic) bond motifs is 1. The first-order valence-corrected chi connectivity index (χ1v) is 7.63. The zero-order chi connectivity index (χ0) is 14.3. The molecule has 0 radical (unpaired) electrons. The first-order chi connectivity index (χ1) is 9.59. The van der Waals surface area contributed by atoms with Crippen molar-refractivity contribution in [1.82, 2.24) is 9.97 Å². The summed E-state index contributed by atoms with van der Waals surface area (Å²) in [6, 6.07) is 0.424. The van der Waals surface area contributed by atoms with Gasteiger partial charge in [-0.3, -0.25) is 0 Å². The second kappa shape index (κ2) is 5.01. The second-order valence-corrected chi connectivity index (χ2v) is 6.26. The molecule has 3 rings (SSSR count). The number of carbonyl (C=O) groups is 1. The smallest absolute Gasteiger partial charge is 0.141 e. The highest BCUT2D eigenvalue weighted by atomic mass is 32.1. The molecule has 1 aliphatic heterocycles. The van der Waals surface area contributed by atoms with E-state index in [0.717, 1.165) is 41.0 Å². The van der Waals surface area contributed by atoms with E-state index in [4.69, 9.17) is 0 Å². The van der Waals surface area contributed by atoms with Crippen molar-refractivity contribution >= 4 is 33.3 Å². The quantitative estimate of drug-likeness (QED) is 0.842. The Labute approximate surface area is 121 Å². The van der Waals surface area contributed by atoms with E-state index in [1.54, 1.807) is 0 Å². The van der Waals surface area contributed by atoms with Gasteiger partial charge in [-0.15, -0.1) is 11.3 Å². The molecule has 1 atom stereocenters. The van der Waals surface area contributed by atoms with Crippen molar-refractivity contribution in [3.05, 3.63) is 16.8 Å². The highest BCUT2D eigenvalue weighted by Gasteiger charge is 2.24. The number of carbonyl (C=O) groups excluding carboxylic acids is 1. The summed E-state index contributed by atoms with van der Waals surface area (Å²) < 4.78 is 0. The summed E-state index contributed by atoms with van der Waals surface area (Å²) in [5.74, 6) is -0.272. The molecule has 6 heteroatoms. The molecular formula is C14H16N3O2S-. The number of hydrogen-bond donors (Lipinski definition) is 0. The number of anilines is 1. The molecule has 2 aromatic heterocycles. The van der Waals surface area contributed by atoms with Gasteiger partial charge in [-0.25, -0.2) is 9.97 Å². The van der Waals surface area contributed by atoms with Crippen molar-refractivity contribution in [2.45, 2.75) is 39.2 Å². The summed E-state index contributed by atoms with van der Waals surface area (Å²) in [6.45, 7) is 4.96. The second-order valence-electron chi connectivity index (χ2n) is 5.26. The van der Waals surface area contributed by atoms with E-state index in [1.165, 1.54) is 24.1 Å². The Morgan fingerprint density at radius 1 is 1.45 bits per heavy atom. The Kier molecular flexibility index (Phi) is 3.33. The highest BCUT2D eigenvalue weighted by Crippen LogP contribution is 2.36. The van der Waals surface area contributed by atoms with Crippen LogP contribution in [0.5, 0.6) is 0 Å². The Bertz CT molecular complexity index is 668. The van der Waals surface area contributed by atoms with Crippen molar-refractivity contribution in [1.29, 1.82) is 0 Å². The average molecular weight is 290 g/mol. The fourth-order valence-electron chi connectivity index (χ4n) is 2.88. The lowest BCUT2D eigenvalue weighted by molar-refractivity contribution is -0.254. The van der Waals surface area contributed by atoms with Crippen LogP contribution in [0.3, 0.4) is 0 Å². The SMILES string of the molecule is Cc1c(C(=O)[O-])sc2ncnc(N3CCCCC3C)c12. The molecule has 1 fully saturated rings. The molecule has 0 bridgehead atoms. The van der Waals surface area contributed by atoms with E-state index in [2.05, 4.69) is 21.8 Å². The maximum atomic E-state index is 11.2. The van der Waals surface area contributed by atoms with Crippen LogP contribution in [0.1, 0.15) is 41.4 Å². The zero-order valence-corrected chi connectivity index (χ0v) is 12.4. The van der Waals surface area contributed by atoms with Gasteiger partial charge in [0.05, 0.1) is 16.2 Å². The molecule has 0 aliphatic carbocycles. The van der Waals surface area contributed by atoms with Crippen LogP contribution in [-0.4, -0.2) is 28.5 Å². The molecule has 1 aliphatic rings. The van der Waals surface area contributed by atoms with E-state index in [1.807, 2.05) is 6.92 Å². The summed E-state index contributed by atoms with van der Waals surface area (Å²) in [5.41, 5.74) is 0.721. The van der Waals surface area contributed by atoms with E-state index < -0.39 is 5.97 Å². The van der Waals surface area contributed by atoms with Crippen LogP contribution in [0.2, 0.25) is 0 Å². The minimum Gasteiger partial charge on any atom is -0.544 e. The van der Waals surface area contributed by atoms with E-state index in [9.17, 15) is 9.90 Å². The fourth-order valence-corrected chi connectivity index (χ4v) is 3.86. The van der Waals surface area contributed by atoms with Gasteiger partial charge in [0, 0.05) is 12.6 Å². The Hall–Kier alpha value is -1.69. The maximum Gasteiger partial charge on any atom is 0.141 e. The molecule has 0 aromatic carbocycles. The number of rotatable bonds is 2. The Morgan fingerprint density at radius 3 is 2.95 bits per heavy atom. The van der Waals surface area contributed by atoms with Crippen LogP contribution in [0, 0.1) is 6.92 Å². The predicted octanol–water partition coefficient (Wildman–Crippen LogP) is 1.74. The average Bonchev–Trinajstić information content (AvgIpc) is 2.77. The highest BCUT2D eigenvalue weighted by molar-refractivity contribution is 7.20. The molecule has 1 unspecified atom stereocenters. The molecule has 2 aromatic rings. The number of carboxylic acid groups (broad SMARTS) is 1. The summed E-state index contributed by atoms with van der Waals surface area (Å²) in [6.07, 6.45) is 5.04. The lowest BCUT2D eigenvalue weighted by atomic mass is 10.0. The first-order valence-electron chi connectivity index (χ1n) is 6.81. The predicted molar refractivity (Wildman–Crippen MR) is 77.1 cm³/mol. The fraction of sp³-hybridized carbons (Fsp3) is 0.500. The van der Waals surface area contributed by atoms with Crippen molar-refractivity contribution in [2.75, 3.05) is 11.4 Å². The van der Waals surface area contributed by atoms with Gasteiger partial charge in [-0.1, -0.05) is 0 Å². The van der Waals surface area contributed by atoms with Gasteiger partial charge in [0.1, 0.15) is 17.0 Å². The molecule has 0 amide bonds. The van der Waals surface area contributed by atoms with Gasteiger partial charge >= 0.3 is 0 Å². The minimum atomic E-state index is -1.14. The Balaban J connectivity index is 2.18. The van der Waals surface area contributed by atoms with Gasteiger partial charge < -0.3 is 14.8 Å². The van der Waals surface area contributed by atoms with E-state index in [0.29, 0.717) is 6.04 Å². The molecule has 0 spiro atoms. The molecule has 5 nitrogen and oxygen atoms in total. The van der Waals surface area contributed by atoms with Crippen LogP contribution in [-0.2, 0) is 0 Å². The lowest BCUT2D eigenvalue weighted by Gasteiger charge is -2.34. The minimum absolute atomic E-state index is 0.256. The van der Waals surface area contributed by atoms with Crippen LogP contribution in [0.25, 0.3) is 10.2 Å². The molecular weight excluding hydrogens is 274 g/mol. The van der Waals surface area contributed by atoms with Crippen molar-refractivity contribution in [3.8, 4) is 0 Å². The zero-order valence-electron chi connectivity index (χ0n) is 11.5. The molecule has 3 heterocycles. The third kappa shape index (κ3) is 2.04. The summed E-state index contributed by atoms with van der Waals surface area (Å²) in [5, 5.41) is 12.0. The standard InChI is InChI=1S/C14H17N3O2S/c1-8-5-3-4-6-17(8)12-10-9(2)11(14(18)19)20-13(10)16-7-15-12/h7-8H,3-6H2,1-2H3,(H,18,19)/p-1. The molecule has 0 saturated carbocycles. The van der Waals surface area contributed by atoms with Crippen LogP contribution in [0.15, 0.2) is 6.33 Å². The normalized spacial score (nSPS) is 19.5. The Morgan fingerprint density at radius 2 is 2.25 bits per heavy atom. The van der Waals surface area contributed by atoms with Crippen LogP contribution >= 0.6 is 11.3 Å². The number of aromatic carboxylic acids is 1. The van der Waals surface area contributed by atoms with E-state index >= 15 is 0 Å². The van der Waals surface area contributed by atoms with Crippen LogP contribution < -0.4 is 10.0 Å². The number of aromatic nitrogens is 2. The third-order valence-electron chi connectivity index (χ3n) is 3.97. The molecule has 20 heavy (non-hydrogen) atoms. The maximum absolute atomic E-state index is 11.2. The van der Waals surface area contributed by atoms with Crippen LogP contribution in [0.4, 0.5) is 5.82 Å². The largest absolute Gasteiger partial charge is 0.544 e. The van der Waals surface area contributed by atoms with Gasteiger partial charge in [0.15, 0.2) is 0 Å². The summed E-state index contributed by atoms with van der Waals surface area (Å²) in [7, 11) is 0. The van der Waals surface area contributed by atoms with E-state index in [-0.39, 0.29) is 4.88 Å². The number of thiophene rings is 1. The molecule has 106 valence electrons. The molecule has 0 N–H and O–H groups in total. The van der Waals surface area contributed by atoms with Crippen molar-refractivity contribution in [2.24, 2.45) is 0 Å². The van der Waals surface area contributed by atoms with Gasteiger partial charge in [-0.05, 0) is 38.7 Å². The summed E-state index contributed by atoms with van der Waals surface area (Å²) >= 11 is 1.17. The number of hydrogen-bond acceptors (Lipinski definition) is 6. The molecule has 1 saturated heterocycles. The first kappa shape index (κ1) is 13.3. The lowest BCUT2D eigenvalue weighted by Crippen LogP contribution is -2.38. The van der Waals surface area contributed by atoms with Gasteiger partial charge in [0.2, 0.25) is 0 Å². The topological polar surface area (TPSA) is 69.1 Å². The summed E-state index contributed by atoms with van der Waals surface area (Å²) in [4.78, 5) is 23.1. The third-order valence-corrected chi connectivity index (χ3v) is 5.15. The number of piperidine rings is 1. The van der Waals surface area contributed by atoms with Crippen molar-refractivity contribution < 1.29 is 9.90 Å².